The summed E-state index contributed by atoms with van der Waals surface area (Å²) in [6.45, 7) is 4.29. The summed E-state index contributed by atoms with van der Waals surface area (Å²) < 4.78 is 24.4. The molecule has 0 spiro atoms. The van der Waals surface area contributed by atoms with Crippen molar-refractivity contribution in [3.8, 4) is 0 Å². The van der Waals surface area contributed by atoms with Crippen molar-refractivity contribution in [2.24, 2.45) is 0 Å². The first kappa shape index (κ1) is 30.6. The third kappa shape index (κ3) is 14.4. The summed E-state index contributed by atoms with van der Waals surface area (Å²) in [6.07, 6.45) is 28.6. The van der Waals surface area contributed by atoms with Crippen molar-refractivity contribution in [2.75, 3.05) is 21.1 Å². The number of nitrogens with zero attached hydrogens (tertiary/aromatic N) is 1. The Labute approximate surface area is 195 Å². The van der Waals surface area contributed by atoms with E-state index >= 15 is 0 Å². The third-order valence-electron chi connectivity index (χ3n) is 6.99. The van der Waals surface area contributed by atoms with Gasteiger partial charge in [0.15, 0.2) is 0 Å². The molecular formula is C27H55NO2P+. The molecule has 0 saturated carbocycles. The molecule has 0 amide bonds. The lowest BCUT2D eigenvalue weighted by Crippen LogP contribution is -2.53. The molecule has 0 aromatic rings. The van der Waals surface area contributed by atoms with Crippen LogP contribution in [0, 0.1) is 0 Å². The molecule has 1 unspecified atom stereocenters. The first-order valence-electron chi connectivity index (χ1n) is 13.4. The van der Waals surface area contributed by atoms with Crippen molar-refractivity contribution >= 4 is 7.68 Å². The molecule has 0 aliphatic rings. The zero-order chi connectivity index (χ0) is 23.4. The average Bonchev–Trinajstić information content (AvgIpc) is 2.71. The maximum absolute atomic E-state index is 11.9. The van der Waals surface area contributed by atoms with Crippen molar-refractivity contribution in [2.45, 2.75) is 141 Å². The Balaban J connectivity index is 3.55. The van der Waals surface area contributed by atoms with Gasteiger partial charge in [-0.1, -0.05) is 103 Å². The van der Waals surface area contributed by atoms with Gasteiger partial charge in [-0.15, -0.1) is 0 Å². The third-order valence-corrected chi connectivity index (χ3v) is 8.81. The molecule has 0 rings (SSSR count). The van der Waals surface area contributed by atoms with Gasteiger partial charge in [-0.3, -0.25) is 0 Å². The smallest absolute Gasteiger partial charge is 0.314 e. The van der Waals surface area contributed by atoms with E-state index in [0.717, 1.165) is 19.3 Å². The fraction of sp³-hybridized carbons (Fsp3) is 0.926. The summed E-state index contributed by atoms with van der Waals surface area (Å²) in [4.78, 5) is 0. The van der Waals surface area contributed by atoms with Crippen LogP contribution in [0.2, 0.25) is 0 Å². The predicted octanol–water partition coefficient (Wildman–Crippen LogP) is 9.57. The molecular weight excluding hydrogens is 401 g/mol. The Morgan fingerprint density at radius 3 is 1.35 bits per heavy atom. The molecule has 0 aliphatic heterocycles. The normalized spacial score (nSPS) is 14.2. The van der Waals surface area contributed by atoms with Gasteiger partial charge in [0.05, 0.1) is 21.1 Å². The van der Waals surface area contributed by atoms with Crippen molar-refractivity contribution in [3.63, 3.8) is 0 Å². The highest BCUT2D eigenvalue weighted by Gasteiger charge is 2.46. The van der Waals surface area contributed by atoms with Crippen LogP contribution in [0.3, 0.4) is 0 Å². The summed E-state index contributed by atoms with van der Waals surface area (Å²) in [5.74, 6) is 0. The lowest BCUT2D eigenvalue weighted by atomic mass is 10.0. The highest BCUT2D eigenvalue weighted by atomic mass is 31.1. The molecule has 184 valence electrons. The van der Waals surface area contributed by atoms with Gasteiger partial charge < -0.3 is 4.48 Å². The van der Waals surface area contributed by atoms with E-state index in [9.17, 15) is 9.13 Å². The van der Waals surface area contributed by atoms with Crippen LogP contribution in [-0.2, 0) is 9.13 Å². The largest absolute Gasteiger partial charge is 0.378 e. The summed E-state index contributed by atoms with van der Waals surface area (Å²) in [5, 5.41) is -0.599. The standard InChI is InChI=1S/C27H55NO2P/c1-6-8-9-10-11-12-13-14-15-16-17-18-19-20-21-22-23-24-25-26-27(7-2,31(29)30)28(3,4)5/h14-15H,6-13,16-26H2,1-5H3/q+1. The number of allylic oxidation sites excluding steroid dienone is 2. The molecule has 1 atom stereocenters. The molecule has 0 radical (unpaired) electrons. The van der Waals surface area contributed by atoms with Gasteiger partial charge >= 0.3 is 7.68 Å². The van der Waals surface area contributed by atoms with Crippen LogP contribution in [0.5, 0.6) is 0 Å². The van der Waals surface area contributed by atoms with Crippen molar-refractivity contribution < 1.29 is 13.6 Å². The maximum Gasteiger partial charge on any atom is 0.378 e. The molecule has 0 aliphatic carbocycles. The second-order valence-corrected chi connectivity index (χ2v) is 11.7. The van der Waals surface area contributed by atoms with Crippen molar-refractivity contribution in [3.05, 3.63) is 12.2 Å². The van der Waals surface area contributed by atoms with Gasteiger partial charge in [0.2, 0.25) is 5.28 Å². The minimum Gasteiger partial charge on any atom is -0.314 e. The molecule has 0 N–H and O–H groups in total. The van der Waals surface area contributed by atoms with Crippen LogP contribution in [0.15, 0.2) is 12.2 Å². The number of rotatable bonds is 22. The van der Waals surface area contributed by atoms with Gasteiger partial charge in [0.1, 0.15) is 0 Å². The first-order valence-corrected chi connectivity index (χ1v) is 14.6. The van der Waals surface area contributed by atoms with E-state index in [2.05, 4.69) is 19.1 Å². The Hall–Kier alpha value is -0.400. The van der Waals surface area contributed by atoms with Crippen LogP contribution >= 0.6 is 7.68 Å². The average molecular weight is 457 g/mol. The zero-order valence-corrected chi connectivity index (χ0v) is 22.7. The molecule has 3 nitrogen and oxygen atoms in total. The van der Waals surface area contributed by atoms with Crippen molar-refractivity contribution in [1.82, 2.24) is 0 Å². The highest BCUT2D eigenvalue weighted by Crippen LogP contribution is 2.43. The molecule has 31 heavy (non-hydrogen) atoms. The number of hydrogen-bond donors (Lipinski definition) is 0. The predicted molar refractivity (Wildman–Crippen MR) is 137 cm³/mol. The second-order valence-electron chi connectivity index (χ2n) is 10.4. The number of quaternary nitrogens is 1. The molecule has 0 bridgehead atoms. The van der Waals surface area contributed by atoms with E-state index in [4.69, 9.17) is 0 Å². The summed E-state index contributed by atoms with van der Waals surface area (Å²) in [5.41, 5.74) is 0. The number of hydrogen-bond acceptors (Lipinski definition) is 2. The second kappa shape index (κ2) is 19.1. The van der Waals surface area contributed by atoms with Crippen molar-refractivity contribution in [1.29, 1.82) is 0 Å². The lowest BCUT2D eigenvalue weighted by molar-refractivity contribution is -0.908. The van der Waals surface area contributed by atoms with Crippen LogP contribution in [0.1, 0.15) is 136 Å². The molecule has 0 saturated heterocycles. The van der Waals surface area contributed by atoms with Gasteiger partial charge in [0.25, 0.3) is 0 Å². The van der Waals surface area contributed by atoms with Gasteiger partial charge in [0, 0.05) is 12.8 Å². The fourth-order valence-corrected chi connectivity index (χ4v) is 5.73. The van der Waals surface area contributed by atoms with Gasteiger partial charge in [-0.2, -0.15) is 0 Å². The molecule has 4 heteroatoms. The zero-order valence-electron chi connectivity index (χ0n) is 21.8. The molecule has 0 fully saturated rings. The van der Waals surface area contributed by atoms with Crippen LogP contribution in [0.4, 0.5) is 0 Å². The first-order chi connectivity index (χ1) is 14.8. The molecule has 0 aromatic carbocycles. The maximum atomic E-state index is 11.9. The highest BCUT2D eigenvalue weighted by molar-refractivity contribution is 7.32. The van der Waals surface area contributed by atoms with E-state index in [1.54, 1.807) is 0 Å². The summed E-state index contributed by atoms with van der Waals surface area (Å²) in [7, 11) is 3.63. The lowest BCUT2D eigenvalue weighted by Gasteiger charge is -2.40. The van der Waals surface area contributed by atoms with Gasteiger partial charge in [-0.05, 0) is 32.1 Å². The summed E-state index contributed by atoms with van der Waals surface area (Å²) in [6, 6.07) is 0. The Morgan fingerprint density at radius 1 is 0.613 bits per heavy atom. The van der Waals surface area contributed by atoms with E-state index in [0.29, 0.717) is 10.9 Å². The molecule has 0 aromatic heterocycles. The van der Waals surface area contributed by atoms with Gasteiger partial charge in [-0.25, -0.2) is 9.13 Å². The van der Waals surface area contributed by atoms with E-state index in [-0.39, 0.29) is 0 Å². The van der Waals surface area contributed by atoms with Crippen LogP contribution in [-0.4, -0.2) is 30.9 Å². The Bertz CT molecular complexity index is 500. The van der Waals surface area contributed by atoms with E-state index in [1.165, 1.54) is 96.3 Å². The minimum atomic E-state index is -2.41. The van der Waals surface area contributed by atoms with E-state index < -0.39 is 13.0 Å². The molecule has 0 heterocycles. The number of unbranched alkanes of at least 4 members (excludes halogenated alkanes) is 15. The minimum absolute atomic E-state index is 0.510. The Morgan fingerprint density at radius 2 is 1.00 bits per heavy atom. The van der Waals surface area contributed by atoms with Crippen LogP contribution in [0.25, 0.3) is 0 Å². The fourth-order valence-electron chi connectivity index (χ4n) is 4.64. The van der Waals surface area contributed by atoms with E-state index in [1.807, 2.05) is 28.1 Å². The SMILES string of the molecule is CCCCCCCCC=CCCCCCCCCCCCC(CC)(P(=O)=O)[N+](C)(C)C. The monoisotopic (exact) mass is 456 g/mol. The van der Waals surface area contributed by atoms with Crippen LogP contribution < -0.4 is 0 Å². The Kier molecular flexibility index (Phi) is 18.9. The summed E-state index contributed by atoms with van der Waals surface area (Å²) >= 11 is 0. The topological polar surface area (TPSA) is 34.1 Å². The quantitative estimate of drug-likeness (QED) is 0.0703.